The van der Waals surface area contributed by atoms with Gasteiger partial charge in [0, 0.05) is 12.0 Å². The summed E-state index contributed by atoms with van der Waals surface area (Å²) >= 11 is 0. The monoisotopic (exact) mass is 450 g/mol. The Morgan fingerprint density at radius 3 is 2.27 bits per heavy atom. The second kappa shape index (κ2) is 14.3. The highest BCUT2D eigenvalue weighted by molar-refractivity contribution is 5.82. The molecule has 0 bridgehead atoms. The molecule has 3 aromatic rings. The number of aromatic nitrogens is 6. The van der Waals surface area contributed by atoms with Gasteiger partial charge in [0.2, 0.25) is 5.82 Å². The van der Waals surface area contributed by atoms with Crippen LogP contribution in [0.5, 0.6) is 0 Å². The van der Waals surface area contributed by atoms with Crippen molar-refractivity contribution in [1.29, 1.82) is 0 Å². The van der Waals surface area contributed by atoms with Gasteiger partial charge in [0.05, 0.1) is 10.9 Å². The second-order valence-electron chi connectivity index (χ2n) is 8.81. The van der Waals surface area contributed by atoms with Gasteiger partial charge in [-0.05, 0) is 55.5 Å². The number of tetrazole rings is 1. The summed E-state index contributed by atoms with van der Waals surface area (Å²) in [6.45, 7) is 2.27. The summed E-state index contributed by atoms with van der Waals surface area (Å²) in [4.78, 5) is 20.1. The second-order valence-corrected chi connectivity index (χ2v) is 8.81. The number of aryl methyl sites for hydroxylation is 1. The highest BCUT2D eigenvalue weighted by Gasteiger charge is 2.08. The third-order valence-electron chi connectivity index (χ3n) is 6.03. The van der Waals surface area contributed by atoms with E-state index < -0.39 is 0 Å². The highest BCUT2D eigenvalue weighted by atomic mass is 16.1. The minimum atomic E-state index is -0.118. The summed E-state index contributed by atoms with van der Waals surface area (Å²) in [6.07, 6.45) is 22.2. The standard InChI is InChI=1S/C26H38N6O/c1-2-3-4-5-6-7-8-9-10-11-12-13-14-15-16-17-24-27-23-19-18-21(25-29-31-32-30-25)20-22(23)26(33)28-24/h9-10,18-20H,2-8,11-17H2,1H3,(H,27,28,33)(H,29,30,31,32). The molecule has 0 radical (unpaired) electrons. The van der Waals surface area contributed by atoms with Crippen LogP contribution in [0.2, 0.25) is 0 Å². The van der Waals surface area contributed by atoms with Crippen molar-refractivity contribution in [3.05, 3.63) is 46.5 Å². The quantitative estimate of drug-likeness (QED) is 0.197. The maximum Gasteiger partial charge on any atom is 0.258 e. The molecule has 0 unspecified atom stereocenters. The number of hydrogen-bond donors (Lipinski definition) is 2. The van der Waals surface area contributed by atoms with Crippen LogP contribution in [0.4, 0.5) is 0 Å². The molecule has 1 aromatic carbocycles. The van der Waals surface area contributed by atoms with E-state index in [1.165, 1.54) is 77.0 Å². The molecule has 2 N–H and O–H groups in total. The van der Waals surface area contributed by atoms with Gasteiger partial charge in [0.25, 0.3) is 5.56 Å². The average Bonchev–Trinajstić information content (AvgIpc) is 3.36. The third kappa shape index (κ3) is 8.56. The number of nitrogens with zero attached hydrogens (tertiary/aromatic N) is 4. The van der Waals surface area contributed by atoms with Gasteiger partial charge < -0.3 is 4.98 Å². The minimum absolute atomic E-state index is 0.118. The Morgan fingerprint density at radius 1 is 0.879 bits per heavy atom. The van der Waals surface area contributed by atoms with Crippen LogP contribution < -0.4 is 5.56 Å². The summed E-state index contributed by atoms with van der Waals surface area (Å²) < 4.78 is 0. The lowest BCUT2D eigenvalue weighted by Crippen LogP contribution is -2.12. The van der Waals surface area contributed by atoms with Gasteiger partial charge in [-0.15, -0.1) is 10.2 Å². The zero-order chi connectivity index (χ0) is 23.1. The van der Waals surface area contributed by atoms with E-state index in [1.807, 2.05) is 12.1 Å². The van der Waals surface area contributed by atoms with E-state index in [0.29, 0.717) is 16.7 Å². The van der Waals surface area contributed by atoms with E-state index in [2.05, 4.69) is 49.7 Å². The first-order valence-electron chi connectivity index (χ1n) is 12.7. The van der Waals surface area contributed by atoms with E-state index in [1.54, 1.807) is 6.07 Å². The normalized spacial score (nSPS) is 11.7. The number of allylic oxidation sites excluding steroid dienone is 2. The van der Waals surface area contributed by atoms with Crippen molar-refractivity contribution in [2.24, 2.45) is 0 Å². The lowest BCUT2D eigenvalue weighted by molar-refractivity contribution is 0.606. The molecule has 3 rings (SSSR count). The highest BCUT2D eigenvalue weighted by Crippen LogP contribution is 2.18. The number of unbranched alkanes of at least 4 members (excludes halogenated alkanes) is 11. The molecule has 0 amide bonds. The summed E-state index contributed by atoms with van der Waals surface area (Å²) in [6, 6.07) is 5.48. The van der Waals surface area contributed by atoms with Crippen LogP contribution in [0.15, 0.2) is 35.1 Å². The number of aromatic amines is 2. The molecule has 2 heterocycles. The summed E-state index contributed by atoms with van der Waals surface area (Å²) in [5.74, 6) is 1.23. The Morgan fingerprint density at radius 2 is 1.58 bits per heavy atom. The number of H-pyrrole nitrogens is 2. The fraction of sp³-hybridized carbons (Fsp3) is 0.577. The van der Waals surface area contributed by atoms with Crippen LogP contribution in [0, 0.1) is 0 Å². The minimum Gasteiger partial charge on any atom is -0.310 e. The first-order valence-corrected chi connectivity index (χ1v) is 12.7. The lowest BCUT2D eigenvalue weighted by Gasteiger charge is -2.04. The van der Waals surface area contributed by atoms with Gasteiger partial charge >= 0.3 is 0 Å². The summed E-state index contributed by atoms with van der Waals surface area (Å²) in [7, 11) is 0. The Labute approximate surface area is 196 Å². The fourth-order valence-corrected chi connectivity index (χ4v) is 4.09. The van der Waals surface area contributed by atoms with E-state index in [4.69, 9.17) is 0 Å². The predicted octanol–water partition coefficient (Wildman–Crippen LogP) is 6.29. The topological polar surface area (TPSA) is 100 Å². The van der Waals surface area contributed by atoms with Gasteiger partial charge in [-0.1, -0.05) is 70.4 Å². The first-order chi connectivity index (χ1) is 16.3. The van der Waals surface area contributed by atoms with Crippen molar-refractivity contribution < 1.29 is 0 Å². The van der Waals surface area contributed by atoms with Crippen molar-refractivity contribution >= 4 is 10.9 Å². The van der Waals surface area contributed by atoms with Gasteiger partial charge in [0.15, 0.2) is 0 Å². The van der Waals surface area contributed by atoms with Crippen molar-refractivity contribution in [3.8, 4) is 11.4 Å². The van der Waals surface area contributed by atoms with E-state index >= 15 is 0 Å². The third-order valence-corrected chi connectivity index (χ3v) is 6.03. The van der Waals surface area contributed by atoms with Crippen LogP contribution in [0.1, 0.15) is 96.2 Å². The molecule has 0 spiro atoms. The fourth-order valence-electron chi connectivity index (χ4n) is 4.09. The molecule has 0 fully saturated rings. The van der Waals surface area contributed by atoms with Crippen LogP contribution in [-0.4, -0.2) is 30.6 Å². The number of benzene rings is 1. The number of nitrogens with one attached hydrogen (secondary N) is 2. The van der Waals surface area contributed by atoms with E-state index in [9.17, 15) is 4.79 Å². The van der Waals surface area contributed by atoms with Crippen LogP contribution in [0.25, 0.3) is 22.3 Å². The summed E-state index contributed by atoms with van der Waals surface area (Å²) in [5.41, 5.74) is 1.33. The van der Waals surface area contributed by atoms with E-state index in [-0.39, 0.29) is 5.56 Å². The van der Waals surface area contributed by atoms with Crippen molar-refractivity contribution in [2.75, 3.05) is 0 Å². The molecule has 7 nitrogen and oxygen atoms in total. The largest absolute Gasteiger partial charge is 0.310 e. The zero-order valence-corrected chi connectivity index (χ0v) is 20.0. The van der Waals surface area contributed by atoms with Crippen molar-refractivity contribution in [1.82, 2.24) is 30.6 Å². The van der Waals surface area contributed by atoms with Crippen LogP contribution >= 0.6 is 0 Å². The Balaban J connectivity index is 1.29. The number of fused-ring (bicyclic) bond motifs is 1. The molecule has 0 saturated heterocycles. The van der Waals surface area contributed by atoms with Crippen molar-refractivity contribution in [2.45, 2.75) is 96.8 Å². The molecular weight excluding hydrogens is 412 g/mol. The van der Waals surface area contributed by atoms with Crippen LogP contribution in [0.3, 0.4) is 0 Å². The summed E-state index contributed by atoms with van der Waals surface area (Å²) in [5, 5.41) is 14.5. The van der Waals surface area contributed by atoms with Gasteiger partial charge in [-0.3, -0.25) is 4.79 Å². The molecule has 7 heteroatoms. The van der Waals surface area contributed by atoms with Gasteiger partial charge in [-0.25, -0.2) is 4.98 Å². The first kappa shape index (κ1) is 24.8. The molecule has 0 aliphatic heterocycles. The lowest BCUT2D eigenvalue weighted by atomic mass is 10.1. The maximum atomic E-state index is 12.5. The molecule has 2 aromatic heterocycles. The SMILES string of the molecule is CCCCCCCCC=CCCCCCCCc1nc2ccc(-c3nn[nH]n3)cc2c(=O)[nH]1. The number of hydrogen-bond acceptors (Lipinski definition) is 5. The van der Waals surface area contributed by atoms with Gasteiger partial charge in [0.1, 0.15) is 5.82 Å². The molecule has 0 saturated carbocycles. The Bertz CT molecular complexity index is 1020. The van der Waals surface area contributed by atoms with Crippen LogP contribution in [-0.2, 0) is 6.42 Å². The Hall–Kier alpha value is -2.83. The van der Waals surface area contributed by atoms with Gasteiger partial charge in [-0.2, -0.15) is 5.21 Å². The molecule has 0 atom stereocenters. The predicted molar refractivity (Wildman–Crippen MR) is 134 cm³/mol. The molecule has 178 valence electrons. The zero-order valence-electron chi connectivity index (χ0n) is 20.0. The molecule has 0 aliphatic carbocycles. The number of rotatable bonds is 16. The average molecular weight is 451 g/mol. The maximum absolute atomic E-state index is 12.5. The van der Waals surface area contributed by atoms with Crippen molar-refractivity contribution in [3.63, 3.8) is 0 Å². The molecule has 0 aliphatic rings. The molecule has 33 heavy (non-hydrogen) atoms. The smallest absolute Gasteiger partial charge is 0.258 e. The Kier molecular flexibility index (Phi) is 10.8. The van der Waals surface area contributed by atoms with E-state index in [0.717, 1.165) is 24.2 Å². The molecular formula is C26H38N6O.